The zero-order chi connectivity index (χ0) is 40.6. The minimum Gasteiger partial charge on any atom is -0.310 e. The van der Waals surface area contributed by atoms with E-state index in [1.54, 1.807) is 5.56 Å². The number of benzene rings is 8. The second-order valence-electron chi connectivity index (χ2n) is 19.0. The van der Waals surface area contributed by atoms with Gasteiger partial charge in [-0.2, -0.15) is 0 Å². The van der Waals surface area contributed by atoms with Crippen molar-refractivity contribution in [3.63, 3.8) is 0 Å². The van der Waals surface area contributed by atoms with Crippen LogP contribution in [0.25, 0.3) is 69.9 Å². The number of hydrogen-bond acceptors (Lipinski definition) is 2. The molecule has 62 heavy (non-hydrogen) atoms. The summed E-state index contributed by atoms with van der Waals surface area (Å²) in [7, 11) is 0. The largest absolute Gasteiger partial charge is 0.310 e. The average molecular weight is 815 g/mol. The Morgan fingerprint density at radius 1 is 0.452 bits per heavy atom. The summed E-state index contributed by atoms with van der Waals surface area (Å²) in [4.78, 5) is 2.50. The molecule has 0 amide bonds. The van der Waals surface area contributed by atoms with Crippen molar-refractivity contribution < 1.29 is 0 Å². The Labute approximate surface area is 366 Å². The summed E-state index contributed by atoms with van der Waals surface area (Å²) in [6.07, 6.45) is 8.56. The van der Waals surface area contributed by atoms with E-state index in [0.29, 0.717) is 5.41 Å². The standard InChI is InChI=1S/C59H46N2S/c1-5-16-53(61-54-17-6-2-13-49(54)50-14-3-7-18-55(50)61)48(12-1)39-22-27-46(28-23-39)60(47-11-9-10-41(35-47)58-30-31-59-42(33-43(59)36-58)34-44(59)37-58)45-25-20-38(21-26-45)40-24-29-57-52(32-40)51-15-4-8-19-56(51)62-57/h1-29,32,35,42-44H,30-31,33-34,36-37H2/t42?,43-,44-,58?,59?/m0/s1. The van der Waals surface area contributed by atoms with Gasteiger partial charge >= 0.3 is 0 Å². The monoisotopic (exact) mass is 814 g/mol. The van der Waals surface area contributed by atoms with E-state index in [1.807, 2.05) is 11.3 Å². The second-order valence-corrected chi connectivity index (χ2v) is 20.1. The molecule has 3 heteroatoms. The third-order valence-electron chi connectivity index (χ3n) is 16.4. The molecule has 5 saturated carbocycles. The Morgan fingerprint density at radius 3 is 1.77 bits per heavy atom. The van der Waals surface area contributed by atoms with Crippen LogP contribution in [0.1, 0.15) is 44.1 Å². The van der Waals surface area contributed by atoms with Gasteiger partial charge in [0.2, 0.25) is 0 Å². The topological polar surface area (TPSA) is 8.17 Å². The number of para-hydroxylation sites is 3. The van der Waals surface area contributed by atoms with Gasteiger partial charge in [-0.3, -0.25) is 0 Å². The molecular formula is C59H46N2S. The van der Waals surface area contributed by atoms with Gasteiger partial charge in [0.25, 0.3) is 0 Å². The van der Waals surface area contributed by atoms with Crippen molar-refractivity contribution in [1.29, 1.82) is 0 Å². The lowest BCUT2D eigenvalue weighted by atomic mass is 9.26. The van der Waals surface area contributed by atoms with Gasteiger partial charge < -0.3 is 9.47 Å². The first-order valence-corrected chi connectivity index (χ1v) is 23.6. The molecule has 0 saturated heterocycles. The van der Waals surface area contributed by atoms with Crippen molar-refractivity contribution in [1.82, 2.24) is 4.57 Å². The van der Waals surface area contributed by atoms with Crippen LogP contribution in [0.2, 0.25) is 0 Å². The molecule has 5 fully saturated rings. The predicted molar refractivity (Wildman–Crippen MR) is 262 cm³/mol. The van der Waals surface area contributed by atoms with Crippen LogP contribution >= 0.6 is 11.3 Å². The Morgan fingerprint density at radius 2 is 1.06 bits per heavy atom. The van der Waals surface area contributed by atoms with Gasteiger partial charge in [0.15, 0.2) is 0 Å². The summed E-state index contributed by atoms with van der Waals surface area (Å²) in [5.41, 5.74) is 14.8. The minimum atomic E-state index is 0.318. The van der Waals surface area contributed by atoms with Crippen LogP contribution in [0, 0.1) is 23.2 Å². The average Bonchev–Trinajstić information content (AvgIpc) is 3.87. The van der Waals surface area contributed by atoms with Crippen molar-refractivity contribution in [2.45, 2.75) is 43.9 Å². The van der Waals surface area contributed by atoms with Gasteiger partial charge in [-0.25, -0.2) is 0 Å². The number of thiophene rings is 1. The molecule has 0 aliphatic heterocycles. The Hall–Kier alpha value is -6.42. The molecule has 1 spiro atoms. The molecule has 298 valence electrons. The van der Waals surface area contributed by atoms with E-state index in [4.69, 9.17) is 0 Å². The fourth-order valence-electron chi connectivity index (χ4n) is 13.6. The van der Waals surface area contributed by atoms with Crippen molar-refractivity contribution in [3.05, 3.63) is 194 Å². The predicted octanol–water partition coefficient (Wildman–Crippen LogP) is 16.4. The summed E-state index contributed by atoms with van der Waals surface area (Å²) >= 11 is 1.88. The van der Waals surface area contributed by atoms with Gasteiger partial charge in [-0.1, -0.05) is 115 Å². The third-order valence-corrected chi connectivity index (χ3v) is 17.6. The molecule has 2 heterocycles. The van der Waals surface area contributed by atoms with E-state index >= 15 is 0 Å². The number of hydrogen-bond donors (Lipinski definition) is 0. The summed E-state index contributed by atoms with van der Waals surface area (Å²) < 4.78 is 5.13. The Bertz CT molecular complexity index is 3340. The molecule has 0 radical (unpaired) electrons. The maximum Gasteiger partial charge on any atom is 0.0541 e. The van der Waals surface area contributed by atoms with E-state index in [1.165, 1.54) is 126 Å². The first-order chi connectivity index (χ1) is 30.6. The number of fused-ring (bicyclic) bond motifs is 7. The van der Waals surface area contributed by atoms with E-state index in [9.17, 15) is 0 Å². The van der Waals surface area contributed by atoms with Crippen LogP contribution in [-0.2, 0) is 5.41 Å². The maximum atomic E-state index is 2.57. The summed E-state index contributed by atoms with van der Waals surface area (Å²) in [6, 6.07) is 70.6. The van der Waals surface area contributed by atoms with Gasteiger partial charge in [0.05, 0.1) is 16.7 Å². The molecule has 5 aliphatic rings. The molecular weight excluding hydrogens is 769 g/mol. The molecule has 8 aromatic carbocycles. The molecule has 2 nitrogen and oxygen atoms in total. The van der Waals surface area contributed by atoms with Crippen molar-refractivity contribution in [2.24, 2.45) is 23.2 Å². The highest BCUT2D eigenvalue weighted by Gasteiger charge is 2.73. The van der Waals surface area contributed by atoms with Crippen molar-refractivity contribution in [2.75, 3.05) is 4.90 Å². The van der Waals surface area contributed by atoms with Gasteiger partial charge in [-0.05, 0) is 162 Å². The molecule has 5 aliphatic carbocycles. The molecule has 0 N–H and O–H groups in total. The highest BCUT2D eigenvalue weighted by atomic mass is 32.1. The van der Waals surface area contributed by atoms with Crippen molar-refractivity contribution in [3.8, 4) is 27.9 Å². The summed E-state index contributed by atoms with van der Waals surface area (Å²) in [5.74, 6) is 2.94. The fourth-order valence-corrected chi connectivity index (χ4v) is 14.7. The number of aromatic nitrogens is 1. The van der Waals surface area contributed by atoms with Crippen LogP contribution in [0.4, 0.5) is 17.1 Å². The number of anilines is 3. The van der Waals surface area contributed by atoms with Gasteiger partial charge in [-0.15, -0.1) is 11.3 Å². The van der Waals surface area contributed by atoms with E-state index < -0.39 is 0 Å². The van der Waals surface area contributed by atoms with Crippen LogP contribution in [0.5, 0.6) is 0 Å². The highest BCUT2D eigenvalue weighted by molar-refractivity contribution is 7.25. The Kier molecular flexibility index (Phi) is 7.41. The first-order valence-electron chi connectivity index (χ1n) is 22.7. The molecule has 2 atom stereocenters. The molecule has 10 aromatic rings. The lowest BCUT2D eigenvalue weighted by molar-refractivity contribution is -0.273. The summed E-state index contributed by atoms with van der Waals surface area (Å²) in [6.45, 7) is 0. The fraction of sp³-hybridized carbons (Fsp3) is 0.186. The van der Waals surface area contributed by atoms with Crippen LogP contribution in [0.3, 0.4) is 0 Å². The smallest absolute Gasteiger partial charge is 0.0541 e. The quantitative estimate of drug-likeness (QED) is 0.156. The SMILES string of the molecule is c1cc(N(c2ccc(-c3ccc4sc5ccccc5c4c3)cc2)c2ccc(-c3ccccc3-n3c4ccccc4c4ccccc43)cc2)cc(C23CCC45C(C[C@H]4C2)C[C@H]5C3)c1. The third kappa shape index (κ3) is 4.92. The van der Waals surface area contributed by atoms with Crippen LogP contribution in [-0.4, -0.2) is 4.57 Å². The maximum absolute atomic E-state index is 2.57. The normalized spacial score (nSPS) is 23.4. The summed E-state index contributed by atoms with van der Waals surface area (Å²) in [5, 5.41) is 5.24. The minimum absolute atomic E-state index is 0.318. The first kappa shape index (κ1) is 35.2. The molecule has 15 rings (SSSR count). The van der Waals surface area contributed by atoms with Gasteiger partial charge in [0.1, 0.15) is 0 Å². The van der Waals surface area contributed by atoms with Gasteiger partial charge in [0, 0.05) is 53.6 Å². The van der Waals surface area contributed by atoms with E-state index in [2.05, 4.69) is 198 Å². The van der Waals surface area contributed by atoms with Crippen molar-refractivity contribution >= 4 is 70.4 Å². The lowest BCUT2D eigenvalue weighted by Gasteiger charge is -2.78. The Balaban J connectivity index is 0.869. The molecule has 2 bridgehead atoms. The molecule has 2 aromatic heterocycles. The van der Waals surface area contributed by atoms with E-state index in [-0.39, 0.29) is 0 Å². The van der Waals surface area contributed by atoms with Crippen LogP contribution in [0.15, 0.2) is 188 Å². The van der Waals surface area contributed by atoms with Crippen LogP contribution < -0.4 is 4.90 Å². The second kappa shape index (κ2) is 13.0. The highest BCUT2D eigenvalue weighted by Crippen LogP contribution is 2.80. The van der Waals surface area contributed by atoms with E-state index in [0.717, 1.165) is 23.2 Å². The molecule has 0 unspecified atom stereocenters. The zero-order valence-electron chi connectivity index (χ0n) is 34.7. The number of nitrogens with zero attached hydrogens (tertiary/aromatic N) is 2. The number of rotatable bonds is 7. The lowest BCUT2D eigenvalue weighted by Crippen LogP contribution is -2.71. The zero-order valence-corrected chi connectivity index (χ0v) is 35.5.